The number of halogens is 1. The van der Waals surface area contributed by atoms with E-state index in [9.17, 15) is 0 Å². The molecule has 0 spiro atoms. The predicted octanol–water partition coefficient (Wildman–Crippen LogP) is 8.01. The van der Waals surface area contributed by atoms with Crippen LogP contribution < -0.4 is 5.46 Å². The summed E-state index contributed by atoms with van der Waals surface area (Å²) in [6.07, 6.45) is 1.01. The van der Waals surface area contributed by atoms with E-state index in [0.717, 1.165) is 33.5 Å². The van der Waals surface area contributed by atoms with Gasteiger partial charge in [0.1, 0.15) is 0 Å². The molecule has 2 aromatic carbocycles. The third-order valence-electron chi connectivity index (χ3n) is 8.67. The van der Waals surface area contributed by atoms with Gasteiger partial charge < -0.3 is 9.31 Å². The van der Waals surface area contributed by atoms with Gasteiger partial charge in [-0.05, 0) is 62.0 Å². The van der Waals surface area contributed by atoms with Gasteiger partial charge >= 0.3 is 7.12 Å². The summed E-state index contributed by atoms with van der Waals surface area (Å²) in [5.41, 5.74) is 3.83. The SMILES string of the molecule is CC(C)[Si](CCc1c(Cl)ccc2cccc(B3OC(C)(C)C(C)(C)O3)c12)(C(C)C)C(C)C. The zero-order chi connectivity index (χ0) is 24.1. The van der Waals surface area contributed by atoms with E-state index < -0.39 is 8.07 Å². The zero-order valence-electron chi connectivity index (χ0n) is 21.8. The van der Waals surface area contributed by atoms with Gasteiger partial charge in [-0.25, -0.2) is 0 Å². The Bertz CT molecular complexity index is 930. The highest BCUT2D eigenvalue weighted by atomic mass is 35.5. The van der Waals surface area contributed by atoms with Crippen molar-refractivity contribution in [3.63, 3.8) is 0 Å². The summed E-state index contributed by atoms with van der Waals surface area (Å²) in [6.45, 7) is 23.1. The molecule has 0 saturated carbocycles. The Balaban J connectivity index is 2.10. The maximum Gasteiger partial charge on any atom is 0.495 e. The van der Waals surface area contributed by atoms with Crippen LogP contribution in [-0.4, -0.2) is 26.4 Å². The summed E-state index contributed by atoms with van der Waals surface area (Å²) in [5.74, 6) is 0. The monoisotopic (exact) mass is 472 g/mol. The smallest absolute Gasteiger partial charge is 0.399 e. The average molecular weight is 473 g/mol. The molecule has 0 unspecified atom stereocenters. The van der Waals surface area contributed by atoms with Gasteiger partial charge in [-0.15, -0.1) is 0 Å². The van der Waals surface area contributed by atoms with Crippen molar-refractivity contribution in [2.24, 2.45) is 0 Å². The summed E-state index contributed by atoms with van der Waals surface area (Å²) < 4.78 is 12.9. The van der Waals surface area contributed by atoms with Crippen LogP contribution in [-0.2, 0) is 15.7 Å². The molecule has 0 radical (unpaired) electrons. The molecule has 1 aliphatic heterocycles. The number of fused-ring (bicyclic) bond motifs is 1. The molecule has 2 aromatic rings. The molecule has 2 nitrogen and oxygen atoms in total. The molecule has 1 aliphatic rings. The Morgan fingerprint density at radius 3 is 1.88 bits per heavy atom. The predicted molar refractivity (Wildman–Crippen MR) is 144 cm³/mol. The van der Waals surface area contributed by atoms with Crippen molar-refractivity contribution in [1.29, 1.82) is 0 Å². The highest BCUT2D eigenvalue weighted by molar-refractivity contribution is 6.83. The van der Waals surface area contributed by atoms with Crippen LogP contribution in [0.2, 0.25) is 27.7 Å². The van der Waals surface area contributed by atoms with Crippen molar-refractivity contribution in [2.75, 3.05) is 0 Å². The standard InChI is InChI=1S/C27H42BClO2Si/c1-18(2)32(19(3)4,20(5)6)17-16-22-24(29)15-14-21-12-11-13-23(25(21)22)28-30-26(7,8)27(9,10)31-28/h11-15,18-20H,16-17H2,1-10H3. The maximum atomic E-state index is 6.90. The lowest BCUT2D eigenvalue weighted by Gasteiger charge is -2.43. The number of hydrogen-bond donors (Lipinski definition) is 0. The molecule has 32 heavy (non-hydrogen) atoms. The molecule has 0 aliphatic carbocycles. The van der Waals surface area contributed by atoms with E-state index in [4.69, 9.17) is 20.9 Å². The molecule has 0 bridgehead atoms. The topological polar surface area (TPSA) is 18.5 Å². The van der Waals surface area contributed by atoms with Crippen molar-refractivity contribution in [3.8, 4) is 0 Å². The number of rotatable bonds is 7. The maximum absolute atomic E-state index is 6.90. The van der Waals surface area contributed by atoms with E-state index >= 15 is 0 Å². The van der Waals surface area contributed by atoms with E-state index in [1.807, 2.05) is 0 Å². The van der Waals surface area contributed by atoms with Crippen LogP contribution in [0.5, 0.6) is 0 Å². The summed E-state index contributed by atoms with van der Waals surface area (Å²) in [4.78, 5) is 0. The molecule has 0 atom stereocenters. The van der Waals surface area contributed by atoms with E-state index in [-0.39, 0.29) is 18.3 Å². The van der Waals surface area contributed by atoms with E-state index in [1.54, 1.807) is 0 Å². The molecular formula is C27H42BClO2Si. The van der Waals surface area contributed by atoms with Crippen LogP contribution in [0.25, 0.3) is 10.8 Å². The van der Waals surface area contributed by atoms with Gasteiger partial charge in [0.2, 0.25) is 0 Å². The summed E-state index contributed by atoms with van der Waals surface area (Å²) in [6, 6.07) is 11.9. The minimum Gasteiger partial charge on any atom is -0.399 e. The lowest BCUT2D eigenvalue weighted by atomic mass is 9.75. The van der Waals surface area contributed by atoms with Gasteiger partial charge in [-0.1, -0.05) is 100 Å². The second-order valence-electron chi connectivity index (χ2n) is 11.6. The highest BCUT2D eigenvalue weighted by Gasteiger charge is 2.52. The second-order valence-corrected chi connectivity index (χ2v) is 18.2. The molecule has 0 N–H and O–H groups in total. The summed E-state index contributed by atoms with van der Waals surface area (Å²) >= 11 is 6.90. The Labute approximate surface area is 202 Å². The molecule has 5 heteroatoms. The van der Waals surface area contributed by atoms with Crippen LogP contribution >= 0.6 is 11.6 Å². The van der Waals surface area contributed by atoms with Crippen molar-refractivity contribution >= 4 is 43.0 Å². The first-order valence-electron chi connectivity index (χ1n) is 12.3. The van der Waals surface area contributed by atoms with Gasteiger partial charge in [0.25, 0.3) is 0 Å². The largest absolute Gasteiger partial charge is 0.495 e. The van der Waals surface area contributed by atoms with Gasteiger partial charge in [0.05, 0.1) is 19.3 Å². The zero-order valence-corrected chi connectivity index (χ0v) is 23.6. The Hall–Kier alpha value is -0.808. The lowest BCUT2D eigenvalue weighted by Crippen LogP contribution is -2.44. The van der Waals surface area contributed by atoms with Crippen molar-refractivity contribution < 1.29 is 9.31 Å². The van der Waals surface area contributed by atoms with Crippen molar-refractivity contribution in [2.45, 2.75) is 110 Å². The molecular weight excluding hydrogens is 431 g/mol. The molecule has 0 amide bonds. The van der Waals surface area contributed by atoms with Gasteiger partial charge in [0.15, 0.2) is 0 Å². The number of hydrogen-bond acceptors (Lipinski definition) is 2. The van der Waals surface area contributed by atoms with E-state index in [2.05, 4.69) is 99.6 Å². The lowest BCUT2D eigenvalue weighted by molar-refractivity contribution is 0.00578. The Morgan fingerprint density at radius 2 is 1.38 bits per heavy atom. The molecule has 176 valence electrons. The van der Waals surface area contributed by atoms with Crippen molar-refractivity contribution in [1.82, 2.24) is 0 Å². The van der Waals surface area contributed by atoms with Gasteiger partial charge in [-0.2, -0.15) is 0 Å². The molecule has 1 fully saturated rings. The minimum absolute atomic E-state index is 0.367. The minimum atomic E-state index is -1.54. The first-order chi connectivity index (χ1) is 14.7. The second kappa shape index (κ2) is 9.09. The number of benzene rings is 2. The van der Waals surface area contributed by atoms with Crippen molar-refractivity contribution in [3.05, 3.63) is 40.9 Å². The summed E-state index contributed by atoms with van der Waals surface area (Å²) in [5, 5.41) is 3.29. The van der Waals surface area contributed by atoms with Crippen LogP contribution in [0.4, 0.5) is 0 Å². The summed E-state index contributed by atoms with van der Waals surface area (Å²) in [7, 11) is -1.92. The fourth-order valence-corrected chi connectivity index (χ4v) is 12.7. The fraction of sp³-hybridized carbons (Fsp3) is 0.630. The third-order valence-corrected chi connectivity index (χ3v) is 16.6. The molecule has 0 aromatic heterocycles. The molecule has 1 heterocycles. The Kier molecular flexibility index (Phi) is 7.33. The fourth-order valence-electron chi connectivity index (χ4n) is 6.08. The Morgan fingerprint density at radius 1 is 0.844 bits per heavy atom. The van der Waals surface area contributed by atoms with Gasteiger partial charge in [0, 0.05) is 5.02 Å². The van der Waals surface area contributed by atoms with Gasteiger partial charge in [-0.3, -0.25) is 0 Å². The average Bonchev–Trinajstić information content (AvgIpc) is 2.89. The van der Waals surface area contributed by atoms with Crippen LogP contribution in [0, 0.1) is 0 Å². The first-order valence-corrected chi connectivity index (χ1v) is 15.1. The van der Waals surface area contributed by atoms with E-state index in [1.165, 1.54) is 22.4 Å². The first kappa shape index (κ1) is 25.8. The highest BCUT2D eigenvalue weighted by Crippen LogP contribution is 2.46. The quantitative estimate of drug-likeness (QED) is 0.380. The normalized spacial score (nSPS) is 18.5. The third kappa shape index (κ3) is 4.33. The number of aryl methyl sites for hydroxylation is 1. The molecule has 1 saturated heterocycles. The van der Waals surface area contributed by atoms with E-state index in [0.29, 0.717) is 0 Å². The van der Waals surface area contributed by atoms with Crippen LogP contribution in [0.1, 0.15) is 74.8 Å². The van der Waals surface area contributed by atoms with Crippen LogP contribution in [0.15, 0.2) is 30.3 Å². The van der Waals surface area contributed by atoms with Crippen LogP contribution in [0.3, 0.4) is 0 Å². The molecule has 3 rings (SSSR count).